The van der Waals surface area contributed by atoms with Crippen LogP contribution in [0.3, 0.4) is 0 Å². The minimum Gasteiger partial charge on any atom is -0.394 e. The van der Waals surface area contributed by atoms with Crippen LogP contribution in [0.4, 0.5) is 13.2 Å². The largest absolute Gasteiger partial charge is 0.401 e. The molecule has 1 aromatic rings. The van der Waals surface area contributed by atoms with Crippen LogP contribution in [0, 0.1) is 0 Å². The molecule has 96 valence electrons. The molecule has 0 aliphatic heterocycles. The first-order valence-electron chi connectivity index (χ1n) is 4.69. The lowest BCUT2D eigenvalue weighted by Crippen LogP contribution is -2.33. The maximum atomic E-state index is 12.1. The molecule has 0 aliphatic carbocycles. The summed E-state index contributed by atoms with van der Waals surface area (Å²) in [4.78, 5) is 0. The van der Waals surface area contributed by atoms with Crippen LogP contribution < -0.4 is 5.32 Å². The van der Waals surface area contributed by atoms with Crippen molar-refractivity contribution >= 4 is 27.5 Å². The summed E-state index contributed by atoms with van der Waals surface area (Å²) in [5, 5.41) is 11.8. The molecular weight excluding hydrogens is 322 g/mol. The SMILES string of the molecule is OCC(NCC(F)(F)F)c1ccc(Cl)cc1Br. The molecule has 0 heterocycles. The van der Waals surface area contributed by atoms with Crippen LogP contribution in [0.25, 0.3) is 0 Å². The van der Waals surface area contributed by atoms with Crippen molar-refractivity contribution in [3.8, 4) is 0 Å². The molecule has 0 aromatic heterocycles. The molecule has 0 saturated carbocycles. The Labute approximate surface area is 110 Å². The third kappa shape index (κ3) is 4.83. The molecule has 0 radical (unpaired) electrons. The van der Waals surface area contributed by atoms with Gasteiger partial charge in [-0.2, -0.15) is 13.2 Å². The van der Waals surface area contributed by atoms with E-state index in [0.717, 1.165) is 0 Å². The van der Waals surface area contributed by atoms with Crippen molar-refractivity contribution in [1.82, 2.24) is 5.32 Å². The molecule has 0 spiro atoms. The quantitative estimate of drug-likeness (QED) is 0.887. The molecule has 0 saturated heterocycles. The summed E-state index contributed by atoms with van der Waals surface area (Å²) in [5.41, 5.74) is 0.529. The van der Waals surface area contributed by atoms with E-state index in [2.05, 4.69) is 21.2 Å². The minimum atomic E-state index is -4.31. The maximum absolute atomic E-state index is 12.1. The number of rotatable bonds is 4. The van der Waals surface area contributed by atoms with Crippen LogP contribution in [-0.4, -0.2) is 24.4 Å². The van der Waals surface area contributed by atoms with Crippen molar-refractivity contribution in [2.24, 2.45) is 0 Å². The molecule has 7 heteroatoms. The topological polar surface area (TPSA) is 32.3 Å². The highest BCUT2D eigenvalue weighted by atomic mass is 79.9. The second kappa shape index (κ2) is 6.04. The van der Waals surface area contributed by atoms with Crippen LogP contribution in [0.5, 0.6) is 0 Å². The molecule has 1 aromatic carbocycles. The van der Waals surface area contributed by atoms with Gasteiger partial charge in [0.15, 0.2) is 0 Å². The summed E-state index contributed by atoms with van der Waals surface area (Å²) in [7, 11) is 0. The van der Waals surface area contributed by atoms with E-state index in [1.165, 1.54) is 0 Å². The molecule has 1 atom stereocenters. The number of hydrogen-bond donors (Lipinski definition) is 2. The third-order valence-corrected chi connectivity index (χ3v) is 2.99. The van der Waals surface area contributed by atoms with Gasteiger partial charge < -0.3 is 5.11 Å². The Morgan fingerprint density at radius 1 is 1.41 bits per heavy atom. The van der Waals surface area contributed by atoms with Crippen LogP contribution in [-0.2, 0) is 0 Å². The van der Waals surface area contributed by atoms with Crippen LogP contribution in [0.2, 0.25) is 5.02 Å². The Morgan fingerprint density at radius 3 is 2.53 bits per heavy atom. The van der Waals surface area contributed by atoms with Crippen LogP contribution in [0.1, 0.15) is 11.6 Å². The lowest BCUT2D eigenvalue weighted by molar-refractivity contribution is -0.126. The first kappa shape index (κ1) is 14.8. The molecule has 1 unspecified atom stereocenters. The lowest BCUT2D eigenvalue weighted by atomic mass is 10.1. The molecule has 2 nitrogen and oxygen atoms in total. The second-order valence-corrected chi connectivity index (χ2v) is 4.69. The Bertz CT molecular complexity index is 386. The van der Waals surface area contributed by atoms with Gasteiger partial charge in [0.1, 0.15) is 0 Å². The van der Waals surface area contributed by atoms with Crippen molar-refractivity contribution in [3.63, 3.8) is 0 Å². The van der Waals surface area contributed by atoms with Crippen molar-refractivity contribution in [3.05, 3.63) is 33.3 Å². The fraction of sp³-hybridized carbons (Fsp3) is 0.400. The fourth-order valence-corrected chi connectivity index (χ4v) is 2.25. The van der Waals surface area contributed by atoms with E-state index in [4.69, 9.17) is 16.7 Å². The van der Waals surface area contributed by atoms with Gasteiger partial charge in [-0.15, -0.1) is 0 Å². The smallest absolute Gasteiger partial charge is 0.394 e. The summed E-state index contributed by atoms with van der Waals surface area (Å²) in [6.45, 7) is -1.59. The van der Waals surface area contributed by atoms with Gasteiger partial charge in [0.05, 0.1) is 19.2 Å². The van der Waals surface area contributed by atoms with Crippen molar-refractivity contribution in [2.75, 3.05) is 13.2 Å². The van der Waals surface area contributed by atoms with Crippen molar-refractivity contribution in [2.45, 2.75) is 12.2 Å². The van der Waals surface area contributed by atoms with Gasteiger partial charge in [0.25, 0.3) is 0 Å². The summed E-state index contributed by atoms with van der Waals surface area (Å²) < 4.78 is 36.7. The Hall–Kier alpha value is -0.300. The standard InChI is InChI=1S/C10H10BrClF3NO/c11-8-3-6(12)1-2-7(8)9(4-17)16-5-10(13,14)15/h1-3,9,16-17H,4-5H2. The minimum absolute atomic E-state index is 0.434. The number of halogens is 5. The normalized spacial score (nSPS) is 13.8. The zero-order valence-corrected chi connectivity index (χ0v) is 10.9. The number of aliphatic hydroxyl groups excluding tert-OH is 1. The fourth-order valence-electron chi connectivity index (χ4n) is 1.30. The van der Waals surface area contributed by atoms with Crippen LogP contribution in [0.15, 0.2) is 22.7 Å². The monoisotopic (exact) mass is 331 g/mol. The highest BCUT2D eigenvalue weighted by Crippen LogP contribution is 2.27. The summed E-state index contributed by atoms with van der Waals surface area (Å²) in [6.07, 6.45) is -4.31. The average molecular weight is 333 g/mol. The highest BCUT2D eigenvalue weighted by Gasteiger charge is 2.28. The molecule has 0 bridgehead atoms. The van der Waals surface area contributed by atoms with Crippen molar-refractivity contribution in [1.29, 1.82) is 0 Å². The predicted molar refractivity (Wildman–Crippen MR) is 63.0 cm³/mol. The number of hydrogen-bond acceptors (Lipinski definition) is 2. The van der Waals surface area contributed by atoms with Crippen LogP contribution >= 0.6 is 27.5 Å². The summed E-state index contributed by atoms with van der Waals surface area (Å²) in [6, 6.07) is 3.90. The van der Waals surface area contributed by atoms with Gasteiger partial charge in [0, 0.05) is 9.50 Å². The molecule has 0 amide bonds. The Kier molecular flexibility index (Phi) is 5.24. The van der Waals surface area contributed by atoms with E-state index in [0.29, 0.717) is 15.1 Å². The van der Waals surface area contributed by atoms with Gasteiger partial charge in [-0.05, 0) is 17.7 Å². The third-order valence-electron chi connectivity index (χ3n) is 2.07. The van der Waals surface area contributed by atoms with E-state index in [9.17, 15) is 13.2 Å². The predicted octanol–water partition coefficient (Wildman–Crippen LogP) is 3.29. The molecule has 17 heavy (non-hydrogen) atoms. The van der Waals surface area contributed by atoms with E-state index < -0.39 is 25.4 Å². The zero-order chi connectivity index (χ0) is 13.1. The van der Waals surface area contributed by atoms with Crippen molar-refractivity contribution < 1.29 is 18.3 Å². The first-order valence-corrected chi connectivity index (χ1v) is 5.86. The van der Waals surface area contributed by atoms with E-state index in [-0.39, 0.29) is 0 Å². The first-order chi connectivity index (χ1) is 7.83. The van der Waals surface area contributed by atoms with Gasteiger partial charge >= 0.3 is 6.18 Å². The molecular formula is C10H10BrClF3NO. The Morgan fingerprint density at radius 2 is 2.06 bits per heavy atom. The Balaban J connectivity index is 2.79. The molecule has 2 N–H and O–H groups in total. The average Bonchev–Trinajstić information content (AvgIpc) is 2.19. The zero-order valence-electron chi connectivity index (χ0n) is 8.56. The number of benzene rings is 1. The number of alkyl halides is 3. The number of nitrogens with one attached hydrogen (secondary N) is 1. The van der Waals surface area contributed by atoms with Gasteiger partial charge in [-0.1, -0.05) is 33.6 Å². The van der Waals surface area contributed by atoms with E-state index >= 15 is 0 Å². The lowest BCUT2D eigenvalue weighted by Gasteiger charge is -2.19. The van der Waals surface area contributed by atoms with Gasteiger partial charge in [-0.3, -0.25) is 5.32 Å². The summed E-state index contributed by atoms with van der Waals surface area (Å²) in [5.74, 6) is 0. The van der Waals surface area contributed by atoms with E-state index in [1.54, 1.807) is 18.2 Å². The second-order valence-electron chi connectivity index (χ2n) is 3.40. The molecule has 1 rings (SSSR count). The molecule has 0 aliphatic rings. The van der Waals surface area contributed by atoms with E-state index in [1.807, 2.05) is 0 Å². The molecule has 0 fully saturated rings. The number of aliphatic hydroxyl groups is 1. The maximum Gasteiger partial charge on any atom is 0.401 e. The van der Waals surface area contributed by atoms with Gasteiger partial charge in [0.2, 0.25) is 0 Å². The highest BCUT2D eigenvalue weighted by molar-refractivity contribution is 9.10. The van der Waals surface area contributed by atoms with Gasteiger partial charge in [-0.25, -0.2) is 0 Å². The summed E-state index contributed by atoms with van der Waals surface area (Å²) >= 11 is 8.91.